The summed E-state index contributed by atoms with van der Waals surface area (Å²) < 4.78 is 6.87. The summed E-state index contributed by atoms with van der Waals surface area (Å²) in [6.07, 6.45) is 0.0797. The van der Waals surface area contributed by atoms with Gasteiger partial charge in [0.15, 0.2) is 6.23 Å². The van der Waals surface area contributed by atoms with Gasteiger partial charge < -0.3 is 14.9 Å². The quantitative estimate of drug-likeness (QED) is 0.820. The molecule has 6 heteroatoms. The molecule has 112 valence electrons. The summed E-state index contributed by atoms with van der Waals surface area (Å²) in [6.45, 7) is 1.67. The van der Waals surface area contributed by atoms with Gasteiger partial charge in [-0.1, -0.05) is 6.07 Å². The first-order chi connectivity index (χ1) is 10.0. The zero-order valence-electron chi connectivity index (χ0n) is 11.8. The molecule has 0 radical (unpaired) electrons. The van der Waals surface area contributed by atoms with Crippen molar-refractivity contribution in [3.8, 4) is 0 Å². The Morgan fingerprint density at radius 2 is 2.00 bits per heavy atom. The number of thioether (sulfide) groups is 1. The summed E-state index contributed by atoms with van der Waals surface area (Å²) >= 11 is 1.56. The van der Waals surface area contributed by atoms with E-state index in [4.69, 9.17) is 4.74 Å². The van der Waals surface area contributed by atoms with Gasteiger partial charge in [0.25, 0.3) is 5.56 Å². The van der Waals surface area contributed by atoms with Crippen LogP contribution in [0, 0.1) is 0 Å². The predicted molar refractivity (Wildman–Crippen MR) is 81.6 cm³/mol. The summed E-state index contributed by atoms with van der Waals surface area (Å²) in [5.74, 6) is 0. The first kappa shape index (κ1) is 14.6. The lowest BCUT2D eigenvalue weighted by Gasteiger charge is -2.18. The predicted octanol–water partition coefficient (Wildman–Crippen LogP) is 1.36. The van der Waals surface area contributed by atoms with E-state index >= 15 is 0 Å². The molecular weight excluding hydrogens is 290 g/mol. The number of aliphatic hydroxyl groups excluding tert-OH is 2. The molecule has 1 aliphatic rings. The number of rotatable bonds is 2. The third kappa shape index (κ3) is 2.38. The molecule has 1 aliphatic heterocycles. The van der Waals surface area contributed by atoms with Gasteiger partial charge in [-0.3, -0.25) is 9.36 Å². The summed E-state index contributed by atoms with van der Waals surface area (Å²) in [7, 11) is 0. The fraction of sp³-hybridized carbons (Fsp3) is 0.400. The SMILES string of the molecule is CSc1ccc2ccn(C3OC(C)C(O)C3O)c(=O)c2c1. The number of hydrogen-bond acceptors (Lipinski definition) is 5. The van der Waals surface area contributed by atoms with E-state index in [1.54, 1.807) is 24.9 Å². The van der Waals surface area contributed by atoms with Gasteiger partial charge in [0.1, 0.15) is 12.2 Å². The molecule has 2 heterocycles. The van der Waals surface area contributed by atoms with Crippen LogP contribution in [0.25, 0.3) is 10.8 Å². The van der Waals surface area contributed by atoms with E-state index in [0.29, 0.717) is 5.39 Å². The average molecular weight is 307 g/mol. The molecule has 5 nitrogen and oxygen atoms in total. The second-order valence-electron chi connectivity index (χ2n) is 5.19. The van der Waals surface area contributed by atoms with Crippen LogP contribution in [0.4, 0.5) is 0 Å². The number of benzene rings is 1. The third-order valence-corrected chi connectivity index (χ3v) is 4.62. The summed E-state index contributed by atoms with van der Waals surface area (Å²) in [6, 6.07) is 7.51. The fourth-order valence-electron chi connectivity index (χ4n) is 2.62. The lowest BCUT2D eigenvalue weighted by atomic mass is 10.1. The normalized spacial score (nSPS) is 29.1. The van der Waals surface area contributed by atoms with E-state index < -0.39 is 24.5 Å². The van der Waals surface area contributed by atoms with E-state index in [-0.39, 0.29) is 5.56 Å². The summed E-state index contributed by atoms with van der Waals surface area (Å²) in [5.41, 5.74) is -0.228. The van der Waals surface area contributed by atoms with Crippen molar-refractivity contribution in [2.45, 2.75) is 36.4 Å². The number of fused-ring (bicyclic) bond motifs is 1. The lowest BCUT2D eigenvalue weighted by molar-refractivity contribution is -0.0339. The molecule has 21 heavy (non-hydrogen) atoms. The maximum absolute atomic E-state index is 12.6. The molecule has 4 atom stereocenters. The molecule has 0 aliphatic carbocycles. The van der Waals surface area contributed by atoms with Crippen LogP contribution in [-0.2, 0) is 4.74 Å². The van der Waals surface area contributed by atoms with Crippen LogP contribution in [0.5, 0.6) is 0 Å². The smallest absolute Gasteiger partial charge is 0.260 e. The number of hydrogen-bond donors (Lipinski definition) is 2. The van der Waals surface area contributed by atoms with Gasteiger partial charge in [0.2, 0.25) is 0 Å². The van der Waals surface area contributed by atoms with Crippen molar-refractivity contribution in [1.29, 1.82) is 0 Å². The van der Waals surface area contributed by atoms with Crippen molar-refractivity contribution in [3.63, 3.8) is 0 Å². The van der Waals surface area contributed by atoms with Gasteiger partial charge in [-0.2, -0.15) is 0 Å². The standard InChI is InChI=1S/C15H17NO4S/c1-8-12(17)13(18)15(20-8)16-6-5-9-3-4-10(21-2)7-11(9)14(16)19/h3-8,12-13,15,17-18H,1-2H3. The van der Waals surface area contributed by atoms with Gasteiger partial charge in [-0.15, -0.1) is 11.8 Å². The molecule has 0 amide bonds. The molecule has 2 aromatic rings. The highest BCUT2D eigenvalue weighted by Crippen LogP contribution is 2.29. The minimum atomic E-state index is -1.11. The van der Waals surface area contributed by atoms with Crippen molar-refractivity contribution in [2.75, 3.05) is 6.26 Å². The largest absolute Gasteiger partial charge is 0.388 e. The molecule has 1 saturated heterocycles. The Morgan fingerprint density at radius 3 is 2.62 bits per heavy atom. The average Bonchev–Trinajstić information content (AvgIpc) is 2.75. The number of aliphatic hydroxyl groups is 2. The molecule has 4 unspecified atom stereocenters. The highest BCUT2D eigenvalue weighted by atomic mass is 32.2. The van der Waals surface area contributed by atoms with Gasteiger partial charge in [0, 0.05) is 16.5 Å². The number of pyridine rings is 1. The maximum Gasteiger partial charge on any atom is 0.260 e. The Kier molecular flexibility index (Phi) is 3.79. The zero-order valence-corrected chi connectivity index (χ0v) is 12.6. The van der Waals surface area contributed by atoms with Crippen molar-refractivity contribution < 1.29 is 14.9 Å². The molecule has 3 rings (SSSR count). The maximum atomic E-state index is 12.6. The number of aromatic nitrogens is 1. The zero-order chi connectivity index (χ0) is 15.1. The molecule has 0 saturated carbocycles. The second-order valence-corrected chi connectivity index (χ2v) is 6.07. The van der Waals surface area contributed by atoms with E-state index in [2.05, 4.69) is 0 Å². The van der Waals surface area contributed by atoms with Crippen molar-refractivity contribution in [1.82, 2.24) is 4.57 Å². The second kappa shape index (κ2) is 5.46. The van der Waals surface area contributed by atoms with Gasteiger partial charge in [0.05, 0.1) is 6.10 Å². The van der Waals surface area contributed by atoms with E-state index in [0.717, 1.165) is 10.3 Å². The Balaban J connectivity index is 2.12. The van der Waals surface area contributed by atoms with Crippen LogP contribution >= 0.6 is 11.8 Å². The molecule has 0 spiro atoms. The highest BCUT2D eigenvalue weighted by Gasteiger charge is 2.41. The van der Waals surface area contributed by atoms with Crippen LogP contribution in [0.15, 0.2) is 40.2 Å². The highest BCUT2D eigenvalue weighted by molar-refractivity contribution is 7.98. The van der Waals surface area contributed by atoms with Crippen molar-refractivity contribution >= 4 is 22.5 Å². The van der Waals surface area contributed by atoms with Crippen molar-refractivity contribution in [2.24, 2.45) is 0 Å². The lowest BCUT2D eigenvalue weighted by Crippen LogP contribution is -2.34. The topological polar surface area (TPSA) is 71.7 Å². The van der Waals surface area contributed by atoms with E-state index in [1.807, 2.05) is 30.5 Å². The molecule has 1 aromatic carbocycles. The Hall–Kier alpha value is -1.34. The molecule has 1 fully saturated rings. The van der Waals surface area contributed by atoms with Gasteiger partial charge in [-0.25, -0.2) is 0 Å². The van der Waals surface area contributed by atoms with Gasteiger partial charge in [-0.05, 0) is 36.8 Å². The first-order valence-corrected chi connectivity index (χ1v) is 7.96. The molecule has 1 aromatic heterocycles. The fourth-order valence-corrected chi connectivity index (χ4v) is 3.06. The Labute approximate surface area is 126 Å². The van der Waals surface area contributed by atoms with Gasteiger partial charge >= 0.3 is 0 Å². The Bertz CT molecular complexity index is 729. The van der Waals surface area contributed by atoms with Crippen LogP contribution in [0.2, 0.25) is 0 Å². The molecule has 2 N–H and O–H groups in total. The third-order valence-electron chi connectivity index (χ3n) is 3.89. The number of ether oxygens (including phenoxy) is 1. The Morgan fingerprint density at radius 1 is 1.24 bits per heavy atom. The van der Waals surface area contributed by atoms with E-state index in [9.17, 15) is 15.0 Å². The van der Waals surface area contributed by atoms with Crippen LogP contribution < -0.4 is 5.56 Å². The minimum Gasteiger partial charge on any atom is -0.388 e. The minimum absolute atomic E-state index is 0.228. The van der Waals surface area contributed by atoms with Crippen LogP contribution in [0.1, 0.15) is 13.2 Å². The summed E-state index contributed by atoms with van der Waals surface area (Å²) in [4.78, 5) is 13.6. The molecule has 0 bridgehead atoms. The van der Waals surface area contributed by atoms with Crippen LogP contribution in [0.3, 0.4) is 0 Å². The number of nitrogens with zero attached hydrogens (tertiary/aromatic N) is 1. The van der Waals surface area contributed by atoms with Crippen molar-refractivity contribution in [3.05, 3.63) is 40.8 Å². The summed E-state index contributed by atoms with van der Waals surface area (Å²) in [5, 5.41) is 21.3. The molecular formula is C15H17NO4S. The first-order valence-electron chi connectivity index (χ1n) is 6.73. The van der Waals surface area contributed by atoms with E-state index in [1.165, 1.54) is 4.57 Å². The monoisotopic (exact) mass is 307 g/mol. The van der Waals surface area contributed by atoms with Crippen LogP contribution in [-0.4, -0.2) is 39.3 Å².